The minimum atomic E-state index is -1.20. The summed E-state index contributed by atoms with van der Waals surface area (Å²) in [6.07, 6.45) is 9.59. The smallest absolute Gasteiger partial charge is 0.153 e. The second-order valence-electron chi connectivity index (χ2n) is 10.2. The molecule has 0 aromatic heterocycles. The summed E-state index contributed by atoms with van der Waals surface area (Å²) in [7, 11) is 1.97. The Kier molecular flexibility index (Phi) is 5.49. The molecule has 0 spiro atoms. The van der Waals surface area contributed by atoms with E-state index in [9.17, 15) is 10.3 Å². The Bertz CT molecular complexity index is 1080. The third kappa shape index (κ3) is 3.69. The molecule has 0 aliphatic carbocycles. The summed E-state index contributed by atoms with van der Waals surface area (Å²) in [5.41, 5.74) is 9.91. The maximum absolute atomic E-state index is 15.1. The van der Waals surface area contributed by atoms with Crippen LogP contribution in [-0.2, 0) is 0 Å². The quantitative estimate of drug-likeness (QED) is 0.331. The molecule has 6 aliphatic rings. The van der Waals surface area contributed by atoms with Crippen LogP contribution in [0.15, 0.2) is 64.3 Å². The van der Waals surface area contributed by atoms with Crippen molar-refractivity contribution in [1.29, 1.82) is 0 Å². The Labute approximate surface area is 204 Å². The lowest BCUT2D eigenvalue weighted by atomic mass is 9.86. The first-order chi connectivity index (χ1) is 16.8. The summed E-state index contributed by atoms with van der Waals surface area (Å²) in [6.45, 7) is 5.33. The number of rotatable bonds is 4. The van der Waals surface area contributed by atoms with Gasteiger partial charge in [-0.1, -0.05) is 12.2 Å². The summed E-state index contributed by atoms with van der Waals surface area (Å²) < 4.78 is 15.1. The first kappa shape index (κ1) is 22.7. The van der Waals surface area contributed by atoms with Gasteiger partial charge in [0, 0.05) is 62.6 Å². The van der Waals surface area contributed by atoms with Gasteiger partial charge in [0.1, 0.15) is 24.1 Å². The fraction of sp³-hybridized carbons (Fsp3) is 0.542. The highest BCUT2D eigenvalue weighted by Gasteiger charge is 2.45. The van der Waals surface area contributed by atoms with Crippen LogP contribution in [0.2, 0.25) is 0 Å². The van der Waals surface area contributed by atoms with Crippen molar-refractivity contribution in [1.82, 2.24) is 31.0 Å². The van der Waals surface area contributed by atoms with E-state index in [1.54, 1.807) is 4.90 Å². The Morgan fingerprint density at radius 2 is 2.06 bits per heavy atom. The molecule has 6 rings (SSSR count). The number of hydrazone groups is 1. The minimum Gasteiger partial charge on any atom is -0.628 e. The molecule has 0 aromatic carbocycles. The average molecular weight is 485 g/mol. The topological polar surface area (TPSA) is 106 Å². The Hall–Kier alpha value is -2.70. The molecule has 35 heavy (non-hydrogen) atoms. The van der Waals surface area contributed by atoms with E-state index in [1.165, 1.54) is 11.1 Å². The first-order valence-corrected chi connectivity index (χ1v) is 12.3. The van der Waals surface area contributed by atoms with Crippen molar-refractivity contribution in [3.63, 3.8) is 0 Å². The summed E-state index contributed by atoms with van der Waals surface area (Å²) in [4.78, 5) is 3.67. The number of allylic oxidation sites excluding steroid dienone is 1. The van der Waals surface area contributed by atoms with Gasteiger partial charge in [-0.05, 0) is 31.2 Å². The van der Waals surface area contributed by atoms with Gasteiger partial charge in [-0.3, -0.25) is 5.43 Å². The van der Waals surface area contributed by atoms with Gasteiger partial charge < -0.3 is 35.5 Å². The summed E-state index contributed by atoms with van der Waals surface area (Å²) in [5, 5.41) is 33.7. The van der Waals surface area contributed by atoms with Crippen molar-refractivity contribution < 1.29 is 14.6 Å². The SMILES string of the molecule is CC1C=C(C2=CN3C([C@@H](C)N4C=CC5NCC(C6=CN(C)NC6)=CC5C4O)=NNC3C(F)C2)[NH+]1[O-]. The highest BCUT2D eigenvalue weighted by molar-refractivity contribution is 5.90. The number of halogens is 1. The van der Waals surface area contributed by atoms with Crippen LogP contribution in [0.5, 0.6) is 0 Å². The Balaban J connectivity index is 1.23. The number of hydrogen-bond donors (Lipinski definition) is 5. The molecule has 7 unspecified atom stereocenters. The molecule has 5 N–H and O–H groups in total. The van der Waals surface area contributed by atoms with Crippen molar-refractivity contribution in [3.8, 4) is 0 Å². The lowest BCUT2D eigenvalue weighted by Crippen LogP contribution is -3.13. The molecule has 0 saturated carbocycles. The molecule has 6 heterocycles. The molecule has 0 bridgehead atoms. The van der Waals surface area contributed by atoms with Crippen LogP contribution < -0.4 is 21.2 Å². The standard InChI is InChI=1S/C24H33FN8O2/c1-13-6-21(33(13)35)16-8-19(25)23-29-28-22(32(23)12-16)14(2)31-5-4-20-18(24(31)34)7-15(9-26-20)17-10-27-30(3)11-17/h4-7,11-14,18-20,23-24,26-27,29,33-34H,8-10H2,1-3H3/t13?,14-,18?,19?,20?,23?,24?/m1/s1. The van der Waals surface area contributed by atoms with Crippen LogP contribution in [0.1, 0.15) is 20.3 Å². The number of fused-ring (bicyclic) bond motifs is 2. The van der Waals surface area contributed by atoms with Crippen LogP contribution in [0.4, 0.5) is 4.39 Å². The van der Waals surface area contributed by atoms with Crippen molar-refractivity contribution in [2.45, 2.75) is 57.0 Å². The van der Waals surface area contributed by atoms with Gasteiger partial charge in [-0.15, -0.1) is 0 Å². The number of aliphatic hydroxyl groups is 1. The predicted octanol–water partition coefficient (Wildman–Crippen LogP) is -0.790. The zero-order valence-corrected chi connectivity index (χ0v) is 20.1. The van der Waals surface area contributed by atoms with Gasteiger partial charge >= 0.3 is 0 Å². The van der Waals surface area contributed by atoms with Gasteiger partial charge in [-0.2, -0.15) is 5.10 Å². The van der Waals surface area contributed by atoms with E-state index in [-0.39, 0.29) is 35.5 Å². The summed E-state index contributed by atoms with van der Waals surface area (Å²) >= 11 is 0. The van der Waals surface area contributed by atoms with Crippen molar-refractivity contribution >= 4 is 5.84 Å². The predicted molar refractivity (Wildman–Crippen MR) is 129 cm³/mol. The third-order valence-corrected chi connectivity index (χ3v) is 7.92. The van der Waals surface area contributed by atoms with Crippen molar-refractivity contribution in [2.75, 3.05) is 20.1 Å². The van der Waals surface area contributed by atoms with E-state index in [0.29, 0.717) is 17.1 Å². The number of amidine groups is 1. The monoisotopic (exact) mass is 484 g/mol. The molecule has 0 radical (unpaired) electrons. The Morgan fingerprint density at radius 1 is 1.23 bits per heavy atom. The van der Waals surface area contributed by atoms with Gasteiger partial charge in [0.2, 0.25) is 0 Å². The molecule has 8 atom stereocenters. The van der Waals surface area contributed by atoms with Gasteiger partial charge in [-0.25, -0.2) is 9.82 Å². The number of aliphatic hydroxyl groups excluding tert-OH is 1. The van der Waals surface area contributed by atoms with Gasteiger partial charge in [0.25, 0.3) is 0 Å². The van der Waals surface area contributed by atoms with Crippen molar-refractivity contribution in [3.05, 3.63) is 64.5 Å². The van der Waals surface area contributed by atoms with E-state index in [4.69, 9.17) is 0 Å². The number of hydroxylamine groups is 2. The van der Waals surface area contributed by atoms with Gasteiger partial charge in [0.05, 0.1) is 6.04 Å². The van der Waals surface area contributed by atoms with Crippen LogP contribution in [-0.4, -0.2) is 82.6 Å². The number of quaternary nitrogens is 1. The number of hydrazine groups is 1. The molecular formula is C24H33FN8O2. The highest BCUT2D eigenvalue weighted by Crippen LogP contribution is 2.34. The van der Waals surface area contributed by atoms with Crippen LogP contribution in [0.3, 0.4) is 0 Å². The number of hydrogen-bond acceptors (Lipinski definition) is 9. The maximum Gasteiger partial charge on any atom is 0.153 e. The fourth-order valence-corrected chi connectivity index (χ4v) is 5.80. The zero-order valence-electron chi connectivity index (χ0n) is 20.1. The molecular weight excluding hydrogens is 451 g/mol. The first-order valence-electron chi connectivity index (χ1n) is 12.3. The van der Waals surface area contributed by atoms with Crippen LogP contribution in [0.25, 0.3) is 0 Å². The average Bonchev–Trinajstić information content (AvgIpc) is 3.48. The second kappa shape index (κ2) is 8.45. The van der Waals surface area contributed by atoms with E-state index >= 15 is 4.39 Å². The highest BCUT2D eigenvalue weighted by atomic mass is 19.1. The zero-order chi connectivity index (χ0) is 24.4. The molecule has 11 heteroatoms. The minimum absolute atomic E-state index is 0.0385. The Morgan fingerprint density at radius 3 is 2.77 bits per heavy atom. The largest absolute Gasteiger partial charge is 0.628 e. The maximum atomic E-state index is 15.1. The lowest BCUT2D eigenvalue weighted by molar-refractivity contribution is -0.844. The number of alkyl halides is 1. The van der Waals surface area contributed by atoms with Crippen molar-refractivity contribution in [2.24, 2.45) is 11.0 Å². The number of nitrogens with zero attached hydrogens (tertiary/aromatic N) is 4. The lowest BCUT2D eigenvalue weighted by Gasteiger charge is -2.45. The van der Waals surface area contributed by atoms with Crippen LogP contribution >= 0.6 is 0 Å². The third-order valence-electron chi connectivity index (χ3n) is 7.92. The van der Waals surface area contributed by atoms with E-state index in [1.807, 2.05) is 49.3 Å². The summed E-state index contributed by atoms with van der Waals surface area (Å²) in [5.74, 6) is 0.485. The normalized spacial score (nSPS) is 39.0. The molecule has 0 fully saturated rings. The van der Waals surface area contributed by atoms with Gasteiger partial charge in [0.15, 0.2) is 12.0 Å². The number of nitrogens with one attached hydrogen (secondary N) is 4. The second-order valence-corrected chi connectivity index (χ2v) is 10.2. The fourth-order valence-electron chi connectivity index (χ4n) is 5.80. The summed E-state index contributed by atoms with van der Waals surface area (Å²) in [6, 6.07) is -0.383. The van der Waals surface area contributed by atoms with E-state index < -0.39 is 18.6 Å². The van der Waals surface area contributed by atoms with Crippen LogP contribution in [0, 0.1) is 11.1 Å². The molecule has 188 valence electrons. The molecule has 0 amide bonds. The van der Waals surface area contributed by atoms with E-state index in [0.717, 1.165) is 13.1 Å². The molecule has 6 aliphatic heterocycles. The van der Waals surface area contributed by atoms with E-state index in [2.05, 4.69) is 39.6 Å². The molecule has 0 saturated heterocycles. The molecule has 0 aromatic rings. The molecule has 10 nitrogen and oxygen atoms in total.